The van der Waals surface area contributed by atoms with Crippen LogP contribution in [0.3, 0.4) is 0 Å². The lowest BCUT2D eigenvalue weighted by Crippen LogP contribution is -2.23. The average molecular weight is 371 g/mol. The zero-order valence-corrected chi connectivity index (χ0v) is 14.4. The topological polar surface area (TPSA) is 12.0 Å². The molecule has 2 rings (SSSR count). The third kappa shape index (κ3) is 4.53. The van der Waals surface area contributed by atoms with Gasteiger partial charge in [-0.1, -0.05) is 46.6 Å². The summed E-state index contributed by atoms with van der Waals surface area (Å²) in [6.45, 7) is 4.93. The van der Waals surface area contributed by atoms with Crippen molar-refractivity contribution in [3.63, 3.8) is 0 Å². The molecule has 2 aromatic rings. The number of halogens is 3. The van der Waals surface area contributed by atoms with Crippen LogP contribution >= 0.6 is 27.5 Å². The summed E-state index contributed by atoms with van der Waals surface area (Å²) in [5.74, 6) is -0.253. The van der Waals surface area contributed by atoms with Gasteiger partial charge in [-0.15, -0.1) is 0 Å². The van der Waals surface area contributed by atoms with Crippen LogP contribution in [-0.4, -0.2) is 6.54 Å². The summed E-state index contributed by atoms with van der Waals surface area (Å²) < 4.78 is 15.0. The van der Waals surface area contributed by atoms with E-state index in [9.17, 15) is 4.39 Å². The molecule has 1 unspecified atom stereocenters. The fourth-order valence-corrected chi connectivity index (χ4v) is 3.21. The molecule has 0 bridgehead atoms. The minimum absolute atomic E-state index is 0.0712. The molecule has 0 heterocycles. The van der Waals surface area contributed by atoms with Crippen LogP contribution in [-0.2, 0) is 6.42 Å². The molecular weight excluding hydrogens is 353 g/mol. The molecule has 1 nitrogen and oxygen atoms in total. The van der Waals surface area contributed by atoms with Crippen LogP contribution in [0.4, 0.5) is 4.39 Å². The zero-order valence-electron chi connectivity index (χ0n) is 12.1. The lowest BCUT2D eigenvalue weighted by Gasteiger charge is -2.20. The first kappa shape index (κ1) is 16.5. The minimum atomic E-state index is -0.253. The van der Waals surface area contributed by atoms with Crippen LogP contribution < -0.4 is 5.32 Å². The molecule has 0 saturated heterocycles. The Morgan fingerprint density at radius 2 is 2.00 bits per heavy atom. The second-order valence-corrected chi connectivity index (χ2v) is 6.46. The van der Waals surface area contributed by atoms with Gasteiger partial charge < -0.3 is 5.32 Å². The van der Waals surface area contributed by atoms with Gasteiger partial charge in [-0.3, -0.25) is 0 Å². The Morgan fingerprint density at radius 1 is 1.24 bits per heavy atom. The van der Waals surface area contributed by atoms with E-state index in [1.807, 2.05) is 0 Å². The molecule has 0 aliphatic carbocycles. The van der Waals surface area contributed by atoms with Crippen molar-refractivity contribution in [3.05, 3.63) is 68.4 Å². The molecule has 2 aromatic carbocycles. The van der Waals surface area contributed by atoms with Gasteiger partial charge in [0.25, 0.3) is 0 Å². The van der Waals surface area contributed by atoms with Crippen molar-refractivity contribution in [2.45, 2.75) is 26.3 Å². The average Bonchev–Trinajstić information content (AvgIpc) is 2.40. The predicted octanol–water partition coefficient (Wildman–Crippen LogP) is 5.44. The zero-order chi connectivity index (χ0) is 15.4. The maximum absolute atomic E-state index is 14.0. The molecular formula is C17H18BrClFN. The second kappa shape index (κ2) is 7.39. The highest BCUT2D eigenvalue weighted by atomic mass is 79.9. The highest BCUT2D eigenvalue weighted by molar-refractivity contribution is 9.10. The fourth-order valence-electron chi connectivity index (χ4n) is 2.43. The van der Waals surface area contributed by atoms with Gasteiger partial charge in [0.1, 0.15) is 5.82 Å². The number of rotatable bonds is 5. The van der Waals surface area contributed by atoms with Gasteiger partial charge in [0.05, 0.1) is 0 Å². The van der Waals surface area contributed by atoms with E-state index in [0.717, 1.165) is 16.6 Å². The number of hydrogen-bond donors (Lipinski definition) is 1. The fraction of sp³-hybridized carbons (Fsp3) is 0.294. The van der Waals surface area contributed by atoms with E-state index in [0.29, 0.717) is 17.0 Å². The quantitative estimate of drug-likeness (QED) is 0.738. The Labute approximate surface area is 138 Å². The number of nitrogens with one attached hydrogen (secondary N) is 1. The van der Waals surface area contributed by atoms with Crippen LogP contribution in [0.2, 0.25) is 5.02 Å². The van der Waals surface area contributed by atoms with E-state index >= 15 is 0 Å². The molecule has 1 N–H and O–H groups in total. The van der Waals surface area contributed by atoms with E-state index in [-0.39, 0.29) is 11.9 Å². The molecule has 112 valence electrons. The number of hydrogen-bond acceptors (Lipinski definition) is 1. The lowest BCUT2D eigenvalue weighted by atomic mass is 9.97. The van der Waals surface area contributed by atoms with Crippen molar-refractivity contribution in [1.29, 1.82) is 0 Å². The van der Waals surface area contributed by atoms with E-state index in [1.165, 1.54) is 11.6 Å². The highest BCUT2D eigenvalue weighted by Gasteiger charge is 2.15. The van der Waals surface area contributed by atoms with Gasteiger partial charge in [-0.05, 0) is 60.8 Å². The van der Waals surface area contributed by atoms with Crippen LogP contribution in [0, 0.1) is 12.7 Å². The molecule has 0 aliphatic heterocycles. The van der Waals surface area contributed by atoms with E-state index in [1.54, 1.807) is 12.1 Å². The summed E-state index contributed by atoms with van der Waals surface area (Å²) in [4.78, 5) is 0. The third-order valence-electron chi connectivity index (χ3n) is 3.36. The van der Waals surface area contributed by atoms with E-state index < -0.39 is 0 Å². The SMILES string of the molecule is CCNC(Cc1ccc(Cl)cc1F)c1cc(C)cc(Br)c1. The second-order valence-electron chi connectivity index (χ2n) is 5.11. The maximum Gasteiger partial charge on any atom is 0.127 e. The minimum Gasteiger partial charge on any atom is -0.310 e. The van der Waals surface area contributed by atoms with Crippen LogP contribution in [0.5, 0.6) is 0 Å². The summed E-state index contributed by atoms with van der Waals surface area (Å²) in [5.41, 5.74) is 3.00. The van der Waals surface area contributed by atoms with Crippen LogP contribution in [0.25, 0.3) is 0 Å². The Bertz CT molecular complexity index is 610. The molecule has 0 radical (unpaired) electrons. The summed E-state index contributed by atoms with van der Waals surface area (Å²) in [7, 11) is 0. The smallest absolute Gasteiger partial charge is 0.127 e. The number of benzene rings is 2. The van der Waals surface area contributed by atoms with E-state index in [2.05, 4.69) is 53.3 Å². The molecule has 0 aromatic heterocycles. The van der Waals surface area contributed by atoms with Crippen molar-refractivity contribution < 1.29 is 4.39 Å². The van der Waals surface area contributed by atoms with Crippen molar-refractivity contribution in [1.82, 2.24) is 5.32 Å². The third-order valence-corrected chi connectivity index (χ3v) is 4.05. The molecule has 0 aliphatic rings. The molecule has 1 atom stereocenters. The monoisotopic (exact) mass is 369 g/mol. The van der Waals surface area contributed by atoms with Gasteiger partial charge in [0.15, 0.2) is 0 Å². The van der Waals surface area contributed by atoms with Crippen molar-refractivity contribution in [3.8, 4) is 0 Å². The van der Waals surface area contributed by atoms with Gasteiger partial charge in [-0.25, -0.2) is 4.39 Å². The molecule has 4 heteroatoms. The van der Waals surface area contributed by atoms with Crippen molar-refractivity contribution in [2.24, 2.45) is 0 Å². The van der Waals surface area contributed by atoms with Crippen molar-refractivity contribution in [2.75, 3.05) is 6.54 Å². The normalized spacial score (nSPS) is 12.4. The van der Waals surface area contributed by atoms with Gasteiger partial charge in [-0.2, -0.15) is 0 Å². The Hall–Kier alpha value is -0.900. The van der Waals surface area contributed by atoms with Gasteiger partial charge >= 0.3 is 0 Å². The first-order valence-electron chi connectivity index (χ1n) is 6.94. The number of aryl methyl sites for hydroxylation is 1. The summed E-state index contributed by atoms with van der Waals surface area (Å²) >= 11 is 9.33. The van der Waals surface area contributed by atoms with E-state index in [4.69, 9.17) is 11.6 Å². The van der Waals surface area contributed by atoms with Gasteiger partial charge in [0, 0.05) is 15.5 Å². The number of likely N-dealkylation sites (N-methyl/N-ethyl adjacent to an activating group) is 1. The highest BCUT2D eigenvalue weighted by Crippen LogP contribution is 2.25. The molecule has 0 fully saturated rings. The van der Waals surface area contributed by atoms with Crippen molar-refractivity contribution >= 4 is 27.5 Å². The summed E-state index contributed by atoms with van der Waals surface area (Å²) in [6, 6.07) is 11.2. The Balaban J connectivity index is 2.30. The largest absolute Gasteiger partial charge is 0.310 e. The first-order valence-corrected chi connectivity index (χ1v) is 8.11. The van der Waals surface area contributed by atoms with Crippen LogP contribution in [0.15, 0.2) is 40.9 Å². The molecule has 0 amide bonds. The molecule has 0 spiro atoms. The van der Waals surface area contributed by atoms with Crippen LogP contribution in [0.1, 0.15) is 29.7 Å². The standard InChI is InChI=1S/C17H18BrClFN/c1-3-21-17(13-6-11(2)7-14(18)8-13)9-12-4-5-15(19)10-16(12)20/h4-8,10,17,21H,3,9H2,1-2H3. The van der Waals surface area contributed by atoms with Gasteiger partial charge in [0.2, 0.25) is 0 Å². The lowest BCUT2D eigenvalue weighted by molar-refractivity contribution is 0.527. The first-order chi connectivity index (χ1) is 9.99. The predicted molar refractivity (Wildman–Crippen MR) is 90.4 cm³/mol. The Kier molecular flexibility index (Phi) is 5.80. The molecule has 21 heavy (non-hydrogen) atoms. The summed E-state index contributed by atoms with van der Waals surface area (Å²) in [6.07, 6.45) is 0.590. The molecule has 0 saturated carbocycles. The summed E-state index contributed by atoms with van der Waals surface area (Å²) in [5, 5.41) is 3.85. The maximum atomic E-state index is 14.0. The Morgan fingerprint density at radius 3 is 2.62 bits per heavy atom.